The topological polar surface area (TPSA) is 211 Å². The summed E-state index contributed by atoms with van der Waals surface area (Å²) in [5, 5.41) is 6.79. The minimum Gasteiger partial charge on any atom is -0.493 e. The van der Waals surface area contributed by atoms with Gasteiger partial charge in [0.2, 0.25) is 33.9 Å². The van der Waals surface area contributed by atoms with Gasteiger partial charge in [-0.05, 0) is 210 Å². The van der Waals surface area contributed by atoms with Crippen LogP contribution in [0.25, 0.3) is 44.6 Å². The van der Waals surface area contributed by atoms with Crippen LogP contribution in [-0.2, 0) is 42.3 Å². The first-order valence-corrected chi connectivity index (χ1v) is 36.3. The van der Waals surface area contributed by atoms with Crippen LogP contribution < -0.4 is 59.4 Å². The Morgan fingerprint density at radius 1 is 0.438 bits per heavy atom. The molecule has 2 amide bonds. The minimum atomic E-state index is -0.528. The molecule has 2 N–H and O–H groups in total. The number of amides is 2. The molecule has 0 saturated heterocycles. The van der Waals surface area contributed by atoms with Gasteiger partial charge in [-0.1, -0.05) is 140 Å². The monoisotopic (exact) mass is 1540 g/mol. The van der Waals surface area contributed by atoms with Gasteiger partial charge in [-0.15, -0.1) is 0 Å². The predicted molar refractivity (Wildman–Crippen MR) is 417 cm³/mol. The Balaban J connectivity index is 0.000000194. The second-order valence-electron chi connectivity index (χ2n) is 27.9. The van der Waals surface area contributed by atoms with Crippen LogP contribution >= 0.6 is 22.6 Å². The maximum atomic E-state index is 14.2. The second-order valence-corrected chi connectivity index (χ2v) is 29.2. The van der Waals surface area contributed by atoms with Gasteiger partial charge in [-0.3, -0.25) is 9.59 Å². The van der Waals surface area contributed by atoms with Gasteiger partial charge in [0.25, 0.3) is 0 Å². The summed E-state index contributed by atoms with van der Waals surface area (Å²) in [5.74, 6) is 3.82. The Hall–Kier alpha value is -10.4. The minimum absolute atomic E-state index is 0.0988. The molecule has 0 spiro atoms. The lowest BCUT2D eigenvalue weighted by Gasteiger charge is -2.30. The molecule has 0 radical (unpaired) electrons. The van der Waals surface area contributed by atoms with Gasteiger partial charge < -0.3 is 66.8 Å². The van der Waals surface area contributed by atoms with E-state index in [0.29, 0.717) is 86.7 Å². The highest BCUT2D eigenvalue weighted by molar-refractivity contribution is 14.1. The Morgan fingerprint density at radius 2 is 0.781 bits per heavy atom. The molecule has 8 aromatic carbocycles. The normalized spacial score (nSPS) is 14.4. The number of carbonyl (C=O) groups is 2. The number of rotatable bonds is 22. The molecular formula is C86H93IN2O16. The summed E-state index contributed by atoms with van der Waals surface area (Å²) < 4.78 is 72.1. The van der Waals surface area contributed by atoms with Crippen LogP contribution in [0.15, 0.2) is 213 Å². The summed E-state index contributed by atoms with van der Waals surface area (Å²) in [6.07, 6.45) is 7.86. The van der Waals surface area contributed by atoms with Crippen molar-refractivity contribution < 1.29 is 65.8 Å². The maximum Gasteiger partial charge on any atom is 0.407 e. The van der Waals surface area contributed by atoms with Crippen LogP contribution in [0, 0.1) is 9.49 Å². The van der Waals surface area contributed by atoms with Crippen molar-refractivity contribution >= 4 is 56.7 Å². The van der Waals surface area contributed by atoms with E-state index in [4.69, 9.17) is 56.2 Å². The van der Waals surface area contributed by atoms with Crippen molar-refractivity contribution in [3.8, 4) is 68.6 Å². The van der Waals surface area contributed by atoms with Crippen molar-refractivity contribution in [3.05, 3.63) is 246 Å². The number of alkyl carbamates (subject to hydrolysis) is 2. The molecule has 12 rings (SSSR count). The molecule has 0 bridgehead atoms. The summed E-state index contributed by atoms with van der Waals surface area (Å²) in [6, 6.07) is 57.6. The molecule has 2 aromatic heterocycles. The highest BCUT2D eigenvalue weighted by atomic mass is 127. The van der Waals surface area contributed by atoms with Crippen LogP contribution in [0.2, 0.25) is 0 Å². The van der Waals surface area contributed by atoms with E-state index in [2.05, 4.69) is 39.8 Å². The molecule has 0 unspecified atom stereocenters. The smallest absolute Gasteiger partial charge is 0.407 e. The summed E-state index contributed by atoms with van der Waals surface area (Å²) in [5.41, 5.74) is 6.78. The number of hydrogen-bond donors (Lipinski definition) is 2. The number of carbonyl (C=O) groups excluding carboxylic acids is 2. The largest absolute Gasteiger partial charge is 0.493 e. The number of hydrogen-bond acceptors (Lipinski definition) is 16. The van der Waals surface area contributed by atoms with Crippen molar-refractivity contribution in [1.82, 2.24) is 10.6 Å². The van der Waals surface area contributed by atoms with E-state index in [1.165, 1.54) is 5.57 Å². The van der Waals surface area contributed by atoms with Crippen LogP contribution in [0.4, 0.5) is 9.59 Å². The number of fused-ring (bicyclic) bond motifs is 2. The molecule has 18 nitrogen and oxygen atoms in total. The number of ether oxygens (including phenoxy) is 10. The van der Waals surface area contributed by atoms with Crippen molar-refractivity contribution in [2.45, 2.75) is 149 Å². The van der Waals surface area contributed by atoms with Crippen LogP contribution in [0.5, 0.6) is 46.0 Å². The molecule has 10 aromatic rings. The Labute approximate surface area is 627 Å². The van der Waals surface area contributed by atoms with Gasteiger partial charge in [0.05, 0.1) is 39.2 Å². The molecule has 19 heteroatoms. The van der Waals surface area contributed by atoms with Gasteiger partial charge in [0.15, 0.2) is 34.5 Å². The fraction of sp³-hybridized carbons (Fsp3) is 0.326. The molecule has 105 heavy (non-hydrogen) atoms. The second kappa shape index (κ2) is 36.3. The summed E-state index contributed by atoms with van der Waals surface area (Å²) >= 11 is 2.19. The van der Waals surface area contributed by atoms with E-state index in [1.54, 1.807) is 58.8 Å². The third-order valence-electron chi connectivity index (χ3n) is 17.6. The summed E-state index contributed by atoms with van der Waals surface area (Å²) in [4.78, 5) is 51.5. The lowest BCUT2D eigenvalue weighted by atomic mass is 9.82. The number of benzene rings is 8. The van der Waals surface area contributed by atoms with Crippen LogP contribution in [0.1, 0.15) is 121 Å². The first kappa shape index (κ1) is 77.2. The molecule has 0 aliphatic heterocycles. The third-order valence-corrected chi connectivity index (χ3v) is 18.3. The maximum absolute atomic E-state index is 14.2. The lowest BCUT2D eigenvalue weighted by Crippen LogP contribution is -2.41. The molecule has 0 atom stereocenters. The Bertz CT molecular complexity index is 4640. The highest BCUT2D eigenvalue weighted by Gasteiger charge is 2.29. The van der Waals surface area contributed by atoms with Gasteiger partial charge in [-0.25, -0.2) is 9.59 Å². The van der Waals surface area contributed by atoms with Crippen molar-refractivity contribution in [2.75, 3.05) is 28.4 Å². The van der Waals surface area contributed by atoms with E-state index >= 15 is 0 Å². The van der Waals surface area contributed by atoms with Crippen LogP contribution in [-0.4, -0.2) is 63.9 Å². The van der Waals surface area contributed by atoms with Crippen molar-refractivity contribution in [1.29, 1.82) is 0 Å². The van der Waals surface area contributed by atoms with E-state index in [0.717, 1.165) is 89.2 Å². The average molecular weight is 1540 g/mol. The van der Waals surface area contributed by atoms with Gasteiger partial charge >= 0.3 is 12.2 Å². The number of halogens is 1. The molecular weight excluding hydrogens is 1440 g/mol. The zero-order valence-electron chi connectivity index (χ0n) is 61.4. The Morgan fingerprint density at radius 3 is 1.14 bits per heavy atom. The van der Waals surface area contributed by atoms with Crippen molar-refractivity contribution in [2.24, 2.45) is 5.92 Å². The molecule has 550 valence electrons. The average Bonchev–Trinajstić information content (AvgIpc) is 0.769. The quantitative estimate of drug-likeness (QED) is 0.0477. The molecule has 2 saturated carbocycles. The fourth-order valence-corrected chi connectivity index (χ4v) is 12.8. The van der Waals surface area contributed by atoms with E-state index < -0.39 is 11.2 Å². The first-order valence-electron chi connectivity index (χ1n) is 35.3. The molecule has 2 fully saturated rings. The predicted octanol–water partition coefficient (Wildman–Crippen LogP) is 19.5. The van der Waals surface area contributed by atoms with E-state index in [1.807, 2.05) is 193 Å². The molecule has 2 aliphatic rings. The van der Waals surface area contributed by atoms with Gasteiger partial charge in [0.1, 0.15) is 48.8 Å². The fourth-order valence-electron chi connectivity index (χ4n) is 12.3. The lowest BCUT2D eigenvalue weighted by molar-refractivity contribution is 0.0479. The van der Waals surface area contributed by atoms with Gasteiger partial charge in [-0.2, -0.15) is 0 Å². The third kappa shape index (κ3) is 21.8. The SMILES string of the molecule is C=C1CCC(NC(=O)OC(C)(C)C)CC1.COc1cc(-c2oc3cc(CC4CCC(NC(=O)OC(C)(C)C)CC4)ccc3c(=O)c2OCc2ccccc2)cc(OC)c1OCc1ccccc1.COc1cc(-c2oc3cc(I)ccc3c(=O)c2OCc2ccccc2)cc(OC)c1OCc1ccccc1. The number of methoxy groups -OCH3 is 4. The standard InChI is InChI=1S/C43H47NO8.C31H25IO6.C12H21NO2/c1-43(2,3)52-42(46)44-33-19-16-28(17-20-33)22-31-18-21-34-35(23-31)51-39(41(38(34)45)50-27-30-14-10-7-11-15-30)32-24-36(47-4)40(37(25-32)48-5)49-26-29-12-8-6-9-13-29;1-34-26-15-22(16-27(35-2)30(26)36-18-20-9-5-3-6-10-20)29-31(37-19-21-11-7-4-8-12-21)28(33)24-14-13-23(32)17-25(24)38-29;1-9-5-7-10(8-6-9)13-11(14)15-12(2,3)4/h6-15,18,21,23-25,28,33H,16-17,19-20,22,26-27H2,1-5H3,(H,44,46);3-17H,18-19H2,1-2H3;10H,1,5-8H2,2-4H3,(H,13,14). The number of nitrogens with one attached hydrogen (secondary N) is 2. The van der Waals surface area contributed by atoms with E-state index in [9.17, 15) is 19.2 Å². The summed E-state index contributed by atoms with van der Waals surface area (Å²) in [7, 11) is 6.23. The van der Waals surface area contributed by atoms with Crippen LogP contribution in [0.3, 0.4) is 0 Å². The zero-order chi connectivity index (χ0) is 74.6. The van der Waals surface area contributed by atoms with E-state index in [-0.39, 0.29) is 71.4 Å². The van der Waals surface area contributed by atoms with Gasteiger partial charge in [0, 0.05) is 26.8 Å². The molecule has 2 heterocycles. The summed E-state index contributed by atoms with van der Waals surface area (Å²) in [6.45, 7) is 16.2. The Kier molecular flexibility index (Phi) is 26.7. The molecule has 2 aliphatic carbocycles. The zero-order valence-corrected chi connectivity index (χ0v) is 63.5. The van der Waals surface area contributed by atoms with Crippen molar-refractivity contribution in [3.63, 3.8) is 0 Å². The first-order chi connectivity index (χ1) is 50.5. The highest BCUT2D eigenvalue weighted by Crippen LogP contribution is 2.46. The number of allylic oxidation sites excluding steroid dienone is 1.